The highest BCUT2D eigenvalue weighted by molar-refractivity contribution is 7.91. The summed E-state index contributed by atoms with van der Waals surface area (Å²) in [5.41, 5.74) is 0.0824. The lowest BCUT2D eigenvalue weighted by atomic mass is 10.2. The lowest BCUT2D eigenvalue weighted by molar-refractivity contribution is 0.102. The van der Waals surface area contributed by atoms with Gasteiger partial charge in [-0.2, -0.15) is 0 Å². The smallest absolute Gasteiger partial charge is 0.259 e. The van der Waals surface area contributed by atoms with Crippen LogP contribution >= 0.6 is 34.8 Å². The molecule has 1 amide bonds. The maximum absolute atomic E-state index is 12.8. The van der Waals surface area contributed by atoms with Crippen molar-refractivity contribution in [3.05, 3.63) is 81.3 Å². The van der Waals surface area contributed by atoms with E-state index in [0.717, 1.165) is 0 Å². The lowest BCUT2D eigenvalue weighted by Gasteiger charge is -2.10. The average Bonchev–Trinajstić information content (AvgIpc) is 2.65. The molecule has 5 nitrogen and oxygen atoms in total. The molecule has 0 heterocycles. The van der Waals surface area contributed by atoms with Crippen molar-refractivity contribution in [2.45, 2.75) is 9.79 Å². The molecule has 0 bridgehead atoms. The number of amides is 1. The number of benzene rings is 3. The molecular formula is C19H12Cl3NO4S. The zero-order valence-electron chi connectivity index (χ0n) is 14.0. The van der Waals surface area contributed by atoms with E-state index in [-0.39, 0.29) is 31.1 Å². The van der Waals surface area contributed by atoms with Crippen LogP contribution in [0.1, 0.15) is 10.4 Å². The Labute approximate surface area is 176 Å². The monoisotopic (exact) mass is 455 g/mol. The number of phenolic OH excluding ortho intramolecular Hbond substituents is 1. The standard InChI is InChI=1S/C19H12Cl3NO4S/c20-11-4-6-14(7-5-11)28(26,27)15-3-1-2-13(10-15)23-19(25)16-8-12(21)9-17(22)18(16)24/h1-10,24H,(H,23,25). The van der Waals surface area contributed by atoms with Crippen LogP contribution in [-0.4, -0.2) is 19.4 Å². The van der Waals surface area contributed by atoms with Crippen molar-refractivity contribution in [3.8, 4) is 5.75 Å². The Morgan fingerprint density at radius 1 is 0.857 bits per heavy atom. The first-order chi connectivity index (χ1) is 13.2. The predicted octanol–water partition coefficient (Wildman–Crippen LogP) is 5.44. The third kappa shape index (κ3) is 4.25. The molecule has 0 saturated carbocycles. The fourth-order valence-corrected chi connectivity index (χ4v) is 4.35. The molecule has 0 aliphatic rings. The van der Waals surface area contributed by atoms with Crippen molar-refractivity contribution in [3.63, 3.8) is 0 Å². The highest BCUT2D eigenvalue weighted by Crippen LogP contribution is 2.32. The van der Waals surface area contributed by atoms with Gasteiger partial charge in [0.1, 0.15) is 5.75 Å². The first kappa shape index (κ1) is 20.5. The van der Waals surface area contributed by atoms with E-state index in [1.54, 1.807) is 0 Å². The van der Waals surface area contributed by atoms with Gasteiger partial charge in [0.05, 0.1) is 20.4 Å². The summed E-state index contributed by atoms with van der Waals surface area (Å²) in [6.45, 7) is 0. The molecule has 28 heavy (non-hydrogen) atoms. The third-order valence-electron chi connectivity index (χ3n) is 3.80. The number of nitrogens with one attached hydrogen (secondary N) is 1. The minimum Gasteiger partial charge on any atom is -0.506 e. The van der Waals surface area contributed by atoms with Crippen LogP contribution in [0.25, 0.3) is 0 Å². The van der Waals surface area contributed by atoms with Gasteiger partial charge in [0, 0.05) is 15.7 Å². The molecular weight excluding hydrogens is 445 g/mol. The molecule has 0 saturated heterocycles. The van der Waals surface area contributed by atoms with Gasteiger partial charge in [0.25, 0.3) is 5.91 Å². The number of anilines is 1. The number of hydrogen-bond donors (Lipinski definition) is 2. The van der Waals surface area contributed by atoms with Gasteiger partial charge in [-0.3, -0.25) is 4.79 Å². The summed E-state index contributed by atoms with van der Waals surface area (Å²) in [5.74, 6) is -1.11. The highest BCUT2D eigenvalue weighted by atomic mass is 35.5. The number of hydrogen-bond acceptors (Lipinski definition) is 4. The van der Waals surface area contributed by atoms with E-state index in [1.165, 1.54) is 60.7 Å². The molecule has 0 radical (unpaired) electrons. The third-order valence-corrected chi connectivity index (χ3v) is 6.32. The number of rotatable bonds is 4. The maximum Gasteiger partial charge on any atom is 0.259 e. The fourth-order valence-electron chi connectivity index (χ4n) is 2.43. The van der Waals surface area contributed by atoms with E-state index in [1.807, 2.05) is 0 Å². The molecule has 3 rings (SSSR count). The maximum atomic E-state index is 12.8. The molecule has 0 aliphatic carbocycles. The summed E-state index contributed by atoms with van der Waals surface area (Å²) in [6, 6.07) is 14.0. The van der Waals surface area contributed by atoms with Crippen LogP contribution in [0.5, 0.6) is 5.75 Å². The highest BCUT2D eigenvalue weighted by Gasteiger charge is 2.19. The largest absolute Gasteiger partial charge is 0.506 e. The van der Waals surface area contributed by atoms with E-state index in [9.17, 15) is 18.3 Å². The van der Waals surface area contributed by atoms with Crippen molar-refractivity contribution in [2.75, 3.05) is 5.32 Å². The van der Waals surface area contributed by atoms with Crippen molar-refractivity contribution in [1.29, 1.82) is 0 Å². The first-order valence-corrected chi connectivity index (χ1v) is 10.4. The molecule has 0 spiro atoms. The number of sulfone groups is 1. The molecule has 0 unspecified atom stereocenters. The minimum atomic E-state index is -3.80. The molecule has 144 valence electrons. The Balaban J connectivity index is 1.92. The van der Waals surface area contributed by atoms with Gasteiger partial charge in [-0.1, -0.05) is 40.9 Å². The molecule has 0 aromatic heterocycles. The van der Waals surface area contributed by atoms with Crippen LogP contribution in [-0.2, 0) is 9.84 Å². The minimum absolute atomic E-state index is 0.0130. The summed E-state index contributed by atoms with van der Waals surface area (Å²) in [5, 5.41) is 13.0. The second kappa shape index (κ2) is 8.01. The SMILES string of the molecule is O=C(Nc1cccc(S(=O)(=O)c2ccc(Cl)cc2)c1)c1cc(Cl)cc(Cl)c1O. The molecule has 0 fully saturated rings. The van der Waals surface area contributed by atoms with Crippen LogP contribution in [0.15, 0.2) is 70.5 Å². The summed E-state index contributed by atoms with van der Waals surface area (Å²) >= 11 is 17.5. The van der Waals surface area contributed by atoms with Gasteiger partial charge < -0.3 is 10.4 Å². The summed E-state index contributed by atoms with van der Waals surface area (Å²) in [4.78, 5) is 12.5. The van der Waals surface area contributed by atoms with Crippen LogP contribution in [0.4, 0.5) is 5.69 Å². The molecule has 2 N–H and O–H groups in total. The molecule has 0 aliphatic heterocycles. The topological polar surface area (TPSA) is 83.5 Å². The first-order valence-electron chi connectivity index (χ1n) is 7.78. The van der Waals surface area contributed by atoms with Crippen LogP contribution < -0.4 is 5.32 Å². The molecule has 3 aromatic carbocycles. The van der Waals surface area contributed by atoms with Gasteiger partial charge >= 0.3 is 0 Å². The quantitative estimate of drug-likeness (QED) is 0.548. The van der Waals surface area contributed by atoms with E-state index in [0.29, 0.717) is 5.02 Å². The van der Waals surface area contributed by atoms with Crippen molar-refractivity contribution >= 4 is 56.2 Å². The second-order valence-electron chi connectivity index (χ2n) is 5.72. The second-order valence-corrected chi connectivity index (χ2v) is 8.95. The van der Waals surface area contributed by atoms with Gasteiger partial charge in [0.2, 0.25) is 9.84 Å². The molecule has 9 heteroatoms. The number of phenols is 1. The Morgan fingerprint density at radius 2 is 1.54 bits per heavy atom. The normalized spacial score (nSPS) is 11.2. The predicted molar refractivity (Wildman–Crippen MR) is 109 cm³/mol. The van der Waals surface area contributed by atoms with Crippen molar-refractivity contribution < 1.29 is 18.3 Å². The van der Waals surface area contributed by atoms with E-state index in [2.05, 4.69) is 5.32 Å². The van der Waals surface area contributed by atoms with Crippen LogP contribution in [0.2, 0.25) is 15.1 Å². The zero-order chi connectivity index (χ0) is 20.5. The summed E-state index contributed by atoms with van der Waals surface area (Å²) in [7, 11) is -3.80. The Kier molecular flexibility index (Phi) is 5.86. The number of aromatic hydroxyl groups is 1. The Bertz CT molecular complexity index is 1160. The van der Waals surface area contributed by atoms with E-state index < -0.39 is 21.5 Å². The number of carbonyl (C=O) groups excluding carboxylic acids is 1. The number of halogens is 3. The van der Waals surface area contributed by atoms with Gasteiger partial charge in [-0.15, -0.1) is 0 Å². The zero-order valence-corrected chi connectivity index (χ0v) is 17.1. The average molecular weight is 457 g/mol. The Hall–Kier alpha value is -2.25. The van der Waals surface area contributed by atoms with E-state index in [4.69, 9.17) is 34.8 Å². The van der Waals surface area contributed by atoms with Crippen molar-refractivity contribution in [1.82, 2.24) is 0 Å². The summed E-state index contributed by atoms with van der Waals surface area (Å²) in [6.07, 6.45) is 0. The van der Waals surface area contributed by atoms with E-state index >= 15 is 0 Å². The van der Waals surface area contributed by atoms with Crippen LogP contribution in [0.3, 0.4) is 0 Å². The number of carbonyl (C=O) groups is 1. The molecule has 3 aromatic rings. The van der Waals surface area contributed by atoms with Gasteiger partial charge in [-0.25, -0.2) is 8.42 Å². The fraction of sp³-hybridized carbons (Fsp3) is 0. The van der Waals surface area contributed by atoms with Crippen molar-refractivity contribution in [2.24, 2.45) is 0 Å². The lowest BCUT2D eigenvalue weighted by Crippen LogP contribution is -2.13. The summed E-state index contributed by atoms with van der Waals surface area (Å²) < 4.78 is 25.5. The van der Waals surface area contributed by atoms with Gasteiger partial charge in [0.15, 0.2) is 0 Å². The Morgan fingerprint density at radius 3 is 2.21 bits per heavy atom. The van der Waals surface area contributed by atoms with Crippen LogP contribution in [0, 0.1) is 0 Å². The van der Waals surface area contributed by atoms with Gasteiger partial charge in [-0.05, 0) is 54.6 Å². The molecule has 0 atom stereocenters.